The highest BCUT2D eigenvalue weighted by molar-refractivity contribution is 6.30. The number of rotatable bonds is 5. The Kier molecular flexibility index (Phi) is 4.76. The number of aromatic nitrogens is 1. The molecule has 1 atom stereocenters. The molecule has 0 aliphatic carbocycles. The summed E-state index contributed by atoms with van der Waals surface area (Å²) >= 11 is 5.88. The van der Waals surface area contributed by atoms with E-state index in [0.717, 1.165) is 16.5 Å². The van der Waals surface area contributed by atoms with Crippen LogP contribution < -0.4 is 10.9 Å². The SMILES string of the molecule is O=c1[nH]c2ccccc2cc1CNC(CO)c1ccc(Cl)cc1. The van der Waals surface area contributed by atoms with Crippen molar-refractivity contribution in [2.24, 2.45) is 0 Å². The second kappa shape index (κ2) is 6.96. The number of aliphatic hydroxyl groups excluding tert-OH is 1. The van der Waals surface area contributed by atoms with Crippen molar-refractivity contribution in [3.05, 3.63) is 81.1 Å². The molecule has 0 radical (unpaired) electrons. The molecule has 2 aromatic carbocycles. The lowest BCUT2D eigenvalue weighted by Crippen LogP contribution is -2.27. The molecule has 1 aromatic heterocycles. The minimum absolute atomic E-state index is 0.0624. The monoisotopic (exact) mass is 328 g/mol. The summed E-state index contributed by atoms with van der Waals surface area (Å²) in [4.78, 5) is 15.0. The zero-order valence-electron chi connectivity index (χ0n) is 12.4. The Morgan fingerprint density at radius 1 is 1.13 bits per heavy atom. The lowest BCUT2D eigenvalue weighted by Gasteiger charge is -2.16. The van der Waals surface area contributed by atoms with E-state index in [1.54, 1.807) is 12.1 Å². The summed E-state index contributed by atoms with van der Waals surface area (Å²) in [6.45, 7) is 0.307. The number of benzene rings is 2. The third kappa shape index (κ3) is 3.62. The Balaban J connectivity index is 1.80. The minimum atomic E-state index is -0.252. The van der Waals surface area contributed by atoms with Crippen LogP contribution in [0.5, 0.6) is 0 Å². The highest BCUT2D eigenvalue weighted by Gasteiger charge is 2.11. The Morgan fingerprint density at radius 3 is 2.61 bits per heavy atom. The number of hydrogen-bond donors (Lipinski definition) is 3. The van der Waals surface area contributed by atoms with Gasteiger partial charge in [0.1, 0.15) is 0 Å². The first-order valence-electron chi connectivity index (χ1n) is 7.38. The van der Waals surface area contributed by atoms with Gasteiger partial charge in [0.25, 0.3) is 5.56 Å². The van der Waals surface area contributed by atoms with E-state index in [0.29, 0.717) is 17.1 Å². The van der Waals surface area contributed by atoms with Crippen molar-refractivity contribution in [1.82, 2.24) is 10.3 Å². The van der Waals surface area contributed by atoms with Gasteiger partial charge < -0.3 is 15.4 Å². The van der Waals surface area contributed by atoms with E-state index in [-0.39, 0.29) is 18.2 Å². The molecule has 0 bridgehead atoms. The number of hydrogen-bond acceptors (Lipinski definition) is 3. The number of H-pyrrole nitrogens is 1. The molecule has 0 spiro atoms. The third-order valence-electron chi connectivity index (χ3n) is 3.82. The molecule has 1 heterocycles. The molecule has 1 unspecified atom stereocenters. The predicted molar refractivity (Wildman–Crippen MR) is 92.7 cm³/mol. The van der Waals surface area contributed by atoms with Gasteiger partial charge in [-0.25, -0.2) is 0 Å². The van der Waals surface area contributed by atoms with Crippen LogP contribution in [0.25, 0.3) is 10.9 Å². The first-order chi connectivity index (χ1) is 11.2. The molecule has 0 fully saturated rings. The maximum Gasteiger partial charge on any atom is 0.252 e. The molecule has 3 N–H and O–H groups in total. The van der Waals surface area contributed by atoms with Gasteiger partial charge in [-0.15, -0.1) is 0 Å². The summed E-state index contributed by atoms with van der Waals surface area (Å²) in [5, 5.41) is 14.4. The fraction of sp³-hybridized carbons (Fsp3) is 0.167. The fourth-order valence-corrected chi connectivity index (χ4v) is 2.67. The van der Waals surface area contributed by atoms with Crippen molar-refractivity contribution in [3.63, 3.8) is 0 Å². The summed E-state index contributed by atoms with van der Waals surface area (Å²) in [5.41, 5.74) is 2.26. The van der Waals surface area contributed by atoms with Crippen LogP contribution in [0.3, 0.4) is 0 Å². The lowest BCUT2D eigenvalue weighted by molar-refractivity contribution is 0.243. The number of para-hydroxylation sites is 1. The topological polar surface area (TPSA) is 65.1 Å². The standard InChI is InChI=1S/C18H17ClN2O2/c19-15-7-5-12(6-8-15)17(11-22)20-10-14-9-13-3-1-2-4-16(13)21-18(14)23/h1-9,17,20,22H,10-11H2,(H,21,23). The summed E-state index contributed by atoms with van der Waals surface area (Å²) in [5.74, 6) is 0. The number of fused-ring (bicyclic) bond motifs is 1. The van der Waals surface area contributed by atoms with Crippen LogP contribution >= 0.6 is 11.6 Å². The summed E-state index contributed by atoms with van der Waals surface area (Å²) in [6, 6.07) is 16.6. The molecular formula is C18H17ClN2O2. The molecule has 0 aliphatic heterocycles. The van der Waals surface area contributed by atoms with Crippen molar-refractivity contribution in [3.8, 4) is 0 Å². The highest BCUT2D eigenvalue weighted by atomic mass is 35.5. The molecular weight excluding hydrogens is 312 g/mol. The summed E-state index contributed by atoms with van der Waals surface area (Å²) in [7, 11) is 0. The lowest BCUT2D eigenvalue weighted by atomic mass is 10.1. The van der Waals surface area contributed by atoms with Crippen molar-refractivity contribution in [2.75, 3.05) is 6.61 Å². The molecule has 118 valence electrons. The zero-order valence-corrected chi connectivity index (χ0v) is 13.2. The van der Waals surface area contributed by atoms with E-state index in [1.807, 2.05) is 42.5 Å². The van der Waals surface area contributed by atoms with Crippen LogP contribution in [-0.4, -0.2) is 16.7 Å². The van der Waals surface area contributed by atoms with Crippen LogP contribution in [0.2, 0.25) is 5.02 Å². The molecule has 0 amide bonds. The Bertz CT molecular complexity index is 859. The molecule has 3 rings (SSSR count). The van der Waals surface area contributed by atoms with Crippen LogP contribution in [0.1, 0.15) is 17.2 Å². The van der Waals surface area contributed by atoms with Gasteiger partial charge in [0.15, 0.2) is 0 Å². The fourth-order valence-electron chi connectivity index (χ4n) is 2.54. The molecule has 4 nitrogen and oxygen atoms in total. The minimum Gasteiger partial charge on any atom is -0.394 e. The van der Waals surface area contributed by atoms with Crippen LogP contribution in [-0.2, 0) is 6.54 Å². The number of halogens is 1. The van der Waals surface area contributed by atoms with Crippen molar-refractivity contribution in [2.45, 2.75) is 12.6 Å². The van der Waals surface area contributed by atoms with Crippen LogP contribution in [0, 0.1) is 0 Å². The van der Waals surface area contributed by atoms with E-state index < -0.39 is 0 Å². The number of aromatic amines is 1. The maximum absolute atomic E-state index is 12.1. The first-order valence-corrected chi connectivity index (χ1v) is 7.76. The van der Waals surface area contributed by atoms with Gasteiger partial charge in [0, 0.05) is 22.6 Å². The van der Waals surface area contributed by atoms with Gasteiger partial charge in [-0.3, -0.25) is 4.79 Å². The maximum atomic E-state index is 12.1. The van der Waals surface area contributed by atoms with E-state index in [2.05, 4.69) is 10.3 Å². The molecule has 0 saturated carbocycles. The molecule has 5 heteroatoms. The molecule has 23 heavy (non-hydrogen) atoms. The molecule has 0 aliphatic rings. The second-order valence-corrected chi connectivity index (χ2v) is 5.81. The summed E-state index contributed by atoms with van der Waals surface area (Å²) < 4.78 is 0. The Hall–Kier alpha value is -2.14. The van der Waals surface area contributed by atoms with Gasteiger partial charge in [-0.05, 0) is 35.2 Å². The summed E-state index contributed by atoms with van der Waals surface area (Å²) in [6.07, 6.45) is 0. The Morgan fingerprint density at radius 2 is 1.87 bits per heavy atom. The average Bonchev–Trinajstić information content (AvgIpc) is 2.57. The normalized spacial score (nSPS) is 12.4. The number of nitrogens with one attached hydrogen (secondary N) is 2. The molecule has 0 saturated heterocycles. The quantitative estimate of drug-likeness (QED) is 0.674. The van der Waals surface area contributed by atoms with Gasteiger partial charge in [-0.2, -0.15) is 0 Å². The third-order valence-corrected chi connectivity index (χ3v) is 4.08. The largest absolute Gasteiger partial charge is 0.394 e. The molecule has 3 aromatic rings. The van der Waals surface area contributed by atoms with Crippen molar-refractivity contribution in [1.29, 1.82) is 0 Å². The van der Waals surface area contributed by atoms with Gasteiger partial charge in [0.2, 0.25) is 0 Å². The van der Waals surface area contributed by atoms with E-state index in [9.17, 15) is 9.90 Å². The van der Waals surface area contributed by atoms with Gasteiger partial charge >= 0.3 is 0 Å². The first kappa shape index (κ1) is 15.7. The number of aliphatic hydroxyl groups is 1. The predicted octanol–water partition coefficient (Wildman–Crippen LogP) is 3.00. The van der Waals surface area contributed by atoms with Gasteiger partial charge in [-0.1, -0.05) is 41.9 Å². The van der Waals surface area contributed by atoms with Crippen molar-refractivity contribution < 1.29 is 5.11 Å². The zero-order chi connectivity index (χ0) is 16.2. The Labute approximate surface area is 138 Å². The highest BCUT2D eigenvalue weighted by Crippen LogP contribution is 2.17. The van der Waals surface area contributed by atoms with Crippen LogP contribution in [0.15, 0.2) is 59.4 Å². The van der Waals surface area contributed by atoms with Gasteiger partial charge in [0.05, 0.1) is 12.6 Å². The van der Waals surface area contributed by atoms with E-state index in [1.165, 1.54) is 0 Å². The van der Waals surface area contributed by atoms with Crippen LogP contribution in [0.4, 0.5) is 0 Å². The number of pyridine rings is 1. The second-order valence-electron chi connectivity index (χ2n) is 5.38. The average molecular weight is 329 g/mol. The van der Waals surface area contributed by atoms with E-state index >= 15 is 0 Å². The van der Waals surface area contributed by atoms with E-state index in [4.69, 9.17) is 11.6 Å². The smallest absolute Gasteiger partial charge is 0.252 e. The van der Waals surface area contributed by atoms with Crippen molar-refractivity contribution >= 4 is 22.5 Å².